The standard InChI is InChI=1S/C33H33BrN2O10/c1-13(26(39)15(3)12-37)8-7-9-14(2)32(43)36-25-28(41)21-20(22-29(16(4)27(21)40)46-33(5,44-6)31(22)42)24-30(25)45-19-11-17(34)10-18(38)23(19)35-24/h7-11,13,15,26,37-40H,12H2,1-6H3,(H,36,43)/b8-7+,14-9-/t13-,15-,26-,33-/m0/s1. The molecule has 0 saturated carbocycles. The van der Waals surface area contributed by atoms with E-state index in [1.54, 1.807) is 26.0 Å². The van der Waals surface area contributed by atoms with Gasteiger partial charge in [-0.3, -0.25) is 14.4 Å². The van der Waals surface area contributed by atoms with Crippen molar-refractivity contribution in [3.63, 3.8) is 0 Å². The first-order valence-electron chi connectivity index (χ1n) is 14.4. The van der Waals surface area contributed by atoms with Crippen molar-refractivity contribution in [1.29, 1.82) is 0 Å². The molecule has 1 aliphatic carbocycles. The van der Waals surface area contributed by atoms with E-state index in [1.807, 2.05) is 0 Å². The van der Waals surface area contributed by atoms with Crippen molar-refractivity contribution in [3.05, 3.63) is 61.8 Å². The molecule has 0 fully saturated rings. The van der Waals surface area contributed by atoms with Crippen LogP contribution in [0, 0.1) is 18.8 Å². The monoisotopic (exact) mass is 696 g/mol. The maximum absolute atomic E-state index is 14.2. The van der Waals surface area contributed by atoms with Gasteiger partial charge < -0.3 is 39.6 Å². The Balaban J connectivity index is 1.74. The molecule has 0 aromatic heterocycles. The van der Waals surface area contributed by atoms with E-state index in [0.29, 0.717) is 4.47 Å². The number of carbonyl (C=O) groups excluding carboxylic acids is 2. The summed E-state index contributed by atoms with van der Waals surface area (Å²) in [6, 6.07) is 2.90. The molecule has 4 atom stereocenters. The Morgan fingerprint density at radius 1 is 1.22 bits per heavy atom. The number of Topliss-reactive ketones (excluding diaryl/α,β-unsaturated/α-hetero) is 1. The number of aliphatic hydroxyl groups is 2. The second-order valence-corrected chi connectivity index (χ2v) is 12.5. The van der Waals surface area contributed by atoms with Crippen LogP contribution in [0.3, 0.4) is 0 Å². The minimum atomic E-state index is -1.75. The average molecular weight is 698 g/mol. The van der Waals surface area contributed by atoms with Gasteiger partial charge in [-0.15, -0.1) is 0 Å². The third-order valence-electron chi connectivity index (χ3n) is 8.34. The van der Waals surface area contributed by atoms with Crippen LogP contribution in [-0.2, 0) is 9.53 Å². The molecule has 2 aromatic rings. The molecule has 1 amide bonds. The number of aromatic hydroxyl groups is 2. The number of anilines is 1. The number of fused-ring (bicyclic) bond motifs is 6. The molecule has 2 heterocycles. The highest BCUT2D eigenvalue weighted by molar-refractivity contribution is 9.10. The zero-order valence-electron chi connectivity index (χ0n) is 25.9. The number of methoxy groups -OCH3 is 1. The summed E-state index contributed by atoms with van der Waals surface area (Å²) in [6.45, 7) is 7.71. The maximum Gasteiger partial charge on any atom is 0.272 e. The van der Waals surface area contributed by atoms with Crippen LogP contribution < -0.4 is 15.5 Å². The van der Waals surface area contributed by atoms with Gasteiger partial charge in [0.15, 0.2) is 11.3 Å². The van der Waals surface area contributed by atoms with Gasteiger partial charge in [-0.2, -0.15) is 0 Å². The number of nitrogens with one attached hydrogen (secondary N) is 1. The smallest absolute Gasteiger partial charge is 0.272 e. The molecule has 3 aliphatic rings. The summed E-state index contributed by atoms with van der Waals surface area (Å²) < 4.78 is 17.8. The fourth-order valence-corrected chi connectivity index (χ4v) is 5.82. The third kappa shape index (κ3) is 5.32. The number of aromatic nitrogens is 1. The predicted molar refractivity (Wildman–Crippen MR) is 173 cm³/mol. The Morgan fingerprint density at radius 2 is 1.91 bits per heavy atom. The van der Waals surface area contributed by atoms with Gasteiger partial charge in [-0.1, -0.05) is 48.0 Å². The predicted octanol–water partition coefficient (Wildman–Crippen LogP) is 4.93. The number of halogens is 1. The average Bonchev–Trinajstić information content (AvgIpc) is 3.29. The molecule has 13 heteroatoms. The minimum Gasteiger partial charge on any atom is -0.507 e. The van der Waals surface area contributed by atoms with Gasteiger partial charge in [0.05, 0.1) is 17.1 Å². The summed E-state index contributed by atoms with van der Waals surface area (Å²) in [6.07, 6.45) is 3.96. The molecule has 0 saturated heterocycles. The van der Waals surface area contributed by atoms with Gasteiger partial charge in [0, 0.05) is 53.5 Å². The van der Waals surface area contributed by atoms with E-state index in [2.05, 4.69) is 26.2 Å². The van der Waals surface area contributed by atoms with Crippen molar-refractivity contribution >= 4 is 55.2 Å². The van der Waals surface area contributed by atoms with E-state index in [1.165, 1.54) is 46.1 Å². The number of ketones is 1. The van der Waals surface area contributed by atoms with Crippen LogP contribution in [0.2, 0.25) is 0 Å². The summed E-state index contributed by atoms with van der Waals surface area (Å²) in [5.41, 5.74) is -1.02. The Kier molecular flexibility index (Phi) is 8.73. The lowest BCUT2D eigenvalue weighted by Gasteiger charge is -2.20. The van der Waals surface area contributed by atoms with Crippen molar-refractivity contribution in [2.24, 2.45) is 11.8 Å². The summed E-state index contributed by atoms with van der Waals surface area (Å²) in [5.74, 6) is -4.70. The van der Waals surface area contributed by atoms with Crippen LogP contribution in [-0.4, -0.2) is 62.7 Å². The highest BCUT2D eigenvalue weighted by Crippen LogP contribution is 2.50. The van der Waals surface area contributed by atoms with Crippen LogP contribution in [0.1, 0.15) is 43.6 Å². The fraction of sp³-hybridized carbons (Fsp3) is 0.333. The number of rotatable bonds is 8. The number of aliphatic hydroxyl groups excluding tert-OH is 2. The topological polar surface area (TPSA) is 189 Å². The number of carbonyl (C=O) groups is 2. The maximum atomic E-state index is 14.2. The van der Waals surface area contributed by atoms with Gasteiger partial charge in [0.2, 0.25) is 11.2 Å². The van der Waals surface area contributed by atoms with Crippen LogP contribution >= 0.6 is 15.9 Å². The van der Waals surface area contributed by atoms with Crippen molar-refractivity contribution in [3.8, 4) is 28.7 Å². The van der Waals surface area contributed by atoms with Crippen molar-refractivity contribution in [2.45, 2.75) is 46.5 Å². The van der Waals surface area contributed by atoms with Gasteiger partial charge in [-0.05, 0) is 26.0 Å². The van der Waals surface area contributed by atoms with Crippen LogP contribution in [0.4, 0.5) is 5.69 Å². The van der Waals surface area contributed by atoms with Crippen molar-refractivity contribution < 1.29 is 43.9 Å². The molecule has 0 unspecified atom stereocenters. The summed E-state index contributed by atoms with van der Waals surface area (Å²) in [4.78, 5) is 45.8. The summed E-state index contributed by atoms with van der Waals surface area (Å²) in [5, 5.41) is 43.8. The number of amides is 1. The van der Waals surface area contributed by atoms with Gasteiger partial charge in [0.1, 0.15) is 34.1 Å². The zero-order valence-corrected chi connectivity index (χ0v) is 27.5. The number of ether oxygens (including phenoxy) is 2. The third-order valence-corrected chi connectivity index (χ3v) is 8.80. The van der Waals surface area contributed by atoms with E-state index < -0.39 is 34.8 Å². The highest BCUT2D eigenvalue weighted by Gasteiger charge is 2.48. The Bertz CT molecular complexity index is 2020. The second kappa shape index (κ2) is 12.1. The molecule has 2 aliphatic heterocycles. The van der Waals surface area contributed by atoms with Gasteiger partial charge >= 0.3 is 0 Å². The van der Waals surface area contributed by atoms with Crippen molar-refractivity contribution in [2.75, 3.05) is 19.0 Å². The quantitative estimate of drug-likeness (QED) is 0.0727. The Morgan fingerprint density at radius 3 is 2.57 bits per heavy atom. The lowest BCUT2D eigenvalue weighted by atomic mass is 9.91. The number of allylic oxidation sites excluding steroid dienone is 2. The minimum absolute atomic E-state index is 0.00273. The summed E-state index contributed by atoms with van der Waals surface area (Å²) >= 11 is 3.29. The number of benzene rings is 3. The largest absolute Gasteiger partial charge is 0.507 e. The molecular weight excluding hydrogens is 664 g/mol. The van der Waals surface area contributed by atoms with Crippen LogP contribution in [0.25, 0.3) is 33.3 Å². The molecular formula is C33H33BrN2O10. The molecule has 242 valence electrons. The molecule has 0 radical (unpaired) electrons. The molecule has 12 nitrogen and oxygen atoms in total. The first-order valence-corrected chi connectivity index (χ1v) is 15.2. The molecule has 0 spiro atoms. The number of hydrogen-bond donors (Lipinski definition) is 5. The number of phenols is 2. The first-order chi connectivity index (χ1) is 21.6. The first kappa shape index (κ1) is 33.1. The van der Waals surface area contributed by atoms with E-state index in [0.717, 1.165) is 0 Å². The van der Waals surface area contributed by atoms with Crippen molar-refractivity contribution in [1.82, 2.24) is 4.98 Å². The van der Waals surface area contributed by atoms with E-state index in [-0.39, 0.29) is 85.7 Å². The lowest BCUT2D eigenvalue weighted by molar-refractivity contribution is -0.112. The molecule has 5 rings (SSSR count). The molecule has 5 N–H and O–H groups in total. The molecule has 46 heavy (non-hydrogen) atoms. The fourth-order valence-electron chi connectivity index (χ4n) is 5.40. The molecule has 0 bridgehead atoms. The number of hydrogen-bond acceptors (Lipinski definition) is 11. The summed E-state index contributed by atoms with van der Waals surface area (Å²) in [7, 11) is 1.28. The number of nitrogens with zero attached hydrogens (tertiary/aromatic N) is 1. The van der Waals surface area contributed by atoms with Gasteiger partial charge in [0.25, 0.3) is 11.7 Å². The van der Waals surface area contributed by atoms with Gasteiger partial charge in [-0.25, -0.2) is 4.98 Å². The van der Waals surface area contributed by atoms with E-state index in [4.69, 9.17) is 13.9 Å². The highest BCUT2D eigenvalue weighted by atomic mass is 79.9. The van der Waals surface area contributed by atoms with Crippen LogP contribution in [0.15, 0.2) is 49.6 Å². The molecule has 2 aromatic carbocycles. The van der Waals surface area contributed by atoms with E-state index in [9.17, 15) is 34.8 Å². The zero-order chi connectivity index (χ0) is 33.8. The van der Waals surface area contributed by atoms with Crippen LogP contribution in [0.5, 0.6) is 17.2 Å². The van der Waals surface area contributed by atoms with E-state index >= 15 is 0 Å². The lowest BCUT2D eigenvalue weighted by Crippen LogP contribution is -2.38. The Hall–Kier alpha value is -4.30. The number of phenolic OH excluding ortho intramolecular Hbond substituents is 2. The SMILES string of the molecule is CO[C@@]1(C)Oc2c(C)c(O)c3c(=O)c(NC(=O)/C(C)=C\C=C\[C@H](C)[C@H](O)[C@@H](C)CO)c4oc5cc(Br)cc(O)c5nc-4c3c2C1=O. The Labute approximate surface area is 271 Å². The second-order valence-electron chi connectivity index (χ2n) is 11.6. The normalized spacial score (nSPS) is 18.7.